The number of fused-ring (bicyclic) bond motifs is 1. The second kappa shape index (κ2) is 5.88. The summed E-state index contributed by atoms with van der Waals surface area (Å²) in [5, 5.41) is 13.4. The predicted octanol–water partition coefficient (Wildman–Crippen LogP) is 2.70. The van der Waals surface area contributed by atoms with Crippen LogP contribution in [-0.2, 0) is 17.8 Å². The molecule has 1 unspecified atom stereocenters. The molecule has 0 amide bonds. The fraction of sp³-hybridized carbons (Fsp3) is 0.375. The summed E-state index contributed by atoms with van der Waals surface area (Å²) in [6.07, 6.45) is 1.15. The highest BCUT2D eigenvalue weighted by Crippen LogP contribution is 2.31. The molecular weight excluding hydrogens is 287 g/mol. The molecule has 1 atom stereocenters. The lowest BCUT2D eigenvalue weighted by Crippen LogP contribution is -2.43. The minimum Gasteiger partial charge on any atom is -0.480 e. The Balaban J connectivity index is 1.93. The molecular formula is C16H17FN2O3. The summed E-state index contributed by atoms with van der Waals surface area (Å²) in [5.41, 5.74) is 2.10. The van der Waals surface area contributed by atoms with Crippen molar-refractivity contribution in [2.45, 2.75) is 32.4 Å². The van der Waals surface area contributed by atoms with Crippen molar-refractivity contribution >= 4 is 5.97 Å². The van der Waals surface area contributed by atoms with E-state index in [1.165, 1.54) is 12.1 Å². The first-order chi connectivity index (χ1) is 10.6. The Hall–Kier alpha value is -2.21. The number of aliphatic carboxylic acids is 1. The van der Waals surface area contributed by atoms with Crippen LogP contribution in [0, 0.1) is 5.82 Å². The largest absolute Gasteiger partial charge is 0.480 e. The van der Waals surface area contributed by atoms with E-state index in [0.29, 0.717) is 37.2 Å². The van der Waals surface area contributed by atoms with E-state index >= 15 is 0 Å². The summed E-state index contributed by atoms with van der Waals surface area (Å²) < 4.78 is 18.8. The Morgan fingerprint density at radius 1 is 1.55 bits per heavy atom. The number of nitrogens with zero attached hydrogens (tertiary/aromatic N) is 2. The molecule has 0 spiro atoms. The summed E-state index contributed by atoms with van der Waals surface area (Å²) in [7, 11) is 0. The fourth-order valence-corrected chi connectivity index (χ4v) is 2.95. The van der Waals surface area contributed by atoms with Gasteiger partial charge in [-0.25, -0.2) is 4.39 Å². The van der Waals surface area contributed by atoms with Crippen molar-refractivity contribution in [2.75, 3.05) is 6.54 Å². The van der Waals surface area contributed by atoms with Crippen molar-refractivity contribution in [2.24, 2.45) is 0 Å². The first kappa shape index (κ1) is 14.7. The number of aromatic nitrogens is 1. The van der Waals surface area contributed by atoms with Crippen LogP contribution in [0.2, 0.25) is 0 Å². The van der Waals surface area contributed by atoms with E-state index in [2.05, 4.69) is 5.16 Å². The average molecular weight is 304 g/mol. The fourth-order valence-electron chi connectivity index (χ4n) is 2.95. The van der Waals surface area contributed by atoms with Gasteiger partial charge in [-0.05, 0) is 18.6 Å². The van der Waals surface area contributed by atoms with E-state index in [1.54, 1.807) is 12.1 Å². The van der Waals surface area contributed by atoms with Gasteiger partial charge in [0.25, 0.3) is 0 Å². The van der Waals surface area contributed by atoms with Gasteiger partial charge >= 0.3 is 5.97 Å². The van der Waals surface area contributed by atoms with E-state index in [1.807, 2.05) is 11.8 Å². The number of rotatable bonds is 4. The number of halogens is 1. The SMILES string of the molecule is CCC(C(=O)O)N1CCc2onc(-c3cccc(F)c3)c2C1. The van der Waals surface area contributed by atoms with Crippen LogP contribution in [0.15, 0.2) is 28.8 Å². The minimum absolute atomic E-state index is 0.334. The molecule has 0 fully saturated rings. The van der Waals surface area contributed by atoms with Crippen LogP contribution in [0.4, 0.5) is 4.39 Å². The molecule has 1 N–H and O–H groups in total. The van der Waals surface area contributed by atoms with Gasteiger partial charge in [0.15, 0.2) is 0 Å². The minimum atomic E-state index is -0.824. The van der Waals surface area contributed by atoms with Crippen LogP contribution in [-0.4, -0.2) is 33.7 Å². The van der Waals surface area contributed by atoms with Crippen molar-refractivity contribution in [3.63, 3.8) is 0 Å². The van der Waals surface area contributed by atoms with Crippen molar-refractivity contribution in [1.82, 2.24) is 10.1 Å². The molecule has 116 valence electrons. The highest BCUT2D eigenvalue weighted by molar-refractivity contribution is 5.73. The predicted molar refractivity (Wildman–Crippen MR) is 77.7 cm³/mol. The van der Waals surface area contributed by atoms with Crippen LogP contribution in [0.5, 0.6) is 0 Å². The normalized spacial score (nSPS) is 16.3. The van der Waals surface area contributed by atoms with Crippen LogP contribution >= 0.6 is 0 Å². The highest BCUT2D eigenvalue weighted by Gasteiger charge is 2.31. The summed E-state index contributed by atoms with van der Waals surface area (Å²) in [4.78, 5) is 13.3. The Bertz CT molecular complexity index is 698. The van der Waals surface area contributed by atoms with Crippen LogP contribution < -0.4 is 0 Å². The Morgan fingerprint density at radius 2 is 2.36 bits per heavy atom. The van der Waals surface area contributed by atoms with Gasteiger partial charge in [0, 0.05) is 30.6 Å². The third-order valence-corrected chi connectivity index (χ3v) is 4.07. The van der Waals surface area contributed by atoms with Gasteiger partial charge in [0.1, 0.15) is 23.3 Å². The van der Waals surface area contributed by atoms with Crippen molar-refractivity contribution in [3.05, 3.63) is 41.4 Å². The van der Waals surface area contributed by atoms with E-state index in [0.717, 1.165) is 11.3 Å². The Kier molecular flexibility index (Phi) is 3.94. The molecule has 6 heteroatoms. The number of carbonyl (C=O) groups is 1. The quantitative estimate of drug-likeness (QED) is 0.940. The van der Waals surface area contributed by atoms with Gasteiger partial charge in [-0.15, -0.1) is 0 Å². The molecule has 3 rings (SSSR count). The maximum Gasteiger partial charge on any atom is 0.320 e. The number of benzene rings is 1. The standard InChI is InChI=1S/C16H17FN2O3/c1-2-13(16(20)21)19-7-6-14-12(9-19)15(18-22-14)10-4-3-5-11(17)8-10/h3-5,8,13H,2,6-7,9H2,1H3,(H,20,21). The number of carboxylic acid groups (broad SMARTS) is 1. The molecule has 1 aromatic carbocycles. The van der Waals surface area contributed by atoms with Gasteiger partial charge in [0.2, 0.25) is 0 Å². The first-order valence-corrected chi connectivity index (χ1v) is 7.30. The summed E-state index contributed by atoms with van der Waals surface area (Å²) in [6.45, 7) is 2.93. The van der Waals surface area contributed by atoms with E-state index in [9.17, 15) is 14.3 Å². The Morgan fingerprint density at radius 3 is 3.05 bits per heavy atom. The summed E-state index contributed by atoms with van der Waals surface area (Å²) in [6, 6.07) is 5.65. The van der Waals surface area contributed by atoms with Gasteiger partial charge in [0.05, 0.1) is 0 Å². The van der Waals surface area contributed by atoms with Gasteiger partial charge in [-0.1, -0.05) is 24.2 Å². The van der Waals surface area contributed by atoms with Crippen molar-refractivity contribution in [3.8, 4) is 11.3 Å². The van der Waals surface area contributed by atoms with Crippen molar-refractivity contribution < 1.29 is 18.8 Å². The number of hydrogen-bond donors (Lipinski definition) is 1. The Labute approximate surface area is 127 Å². The van der Waals surface area contributed by atoms with Crippen LogP contribution in [0.25, 0.3) is 11.3 Å². The van der Waals surface area contributed by atoms with E-state index < -0.39 is 12.0 Å². The third-order valence-electron chi connectivity index (χ3n) is 4.07. The van der Waals surface area contributed by atoms with Gasteiger partial charge < -0.3 is 9.63 Å². The average Bonchev–Trinajstić information content (AvgIpc) is 2.91. The smallest absolute Gasteiger partial charge is 0.320 e. The zero-order valence-electron chi connectivity index (χ0n) is 12.3. The lowest BCUT2D eigenvalue weighted by molar-refractivity contribution is -0.143. The number of hydrogen-bond acceptors (Lipinski definition) is 4. The lowest BCUT2D eigenvalue weighted by atomic mass is 9.99. The number of carboxylic acids is 1. The van der Waals surface area contributed by atoms with Crippen LogP contribution in [0.1, 0.15) is 24.7 Å². The second-order valence-corrected chi connectivity index (χ2v) is 5.43. The molecule has 2 aromatic rings. The molecule has 1 aliphatic heterocycles. The molecule has 0 saturated heterocycles. The highest BCUT2D eigenvalue weighted by atomic mass is 19.1. The molecule has 0 bridgehead atoms. The van der Waals surface area contributed by atoms with Gasteiger partial charge in [-0.3, -0.25) is 9.69 Å². The van der Waals surface area contributed by atoms with Gasteiger partial charge in [-0.2, -0.15) is 0 Å². The molecule has 1 aromatic heterocycles. The lowest BCUT2D eigenvalue weighted by Gasteiger charge is -2.30. The van der Waals surface area contributed by atoms with E-state index in [-0.39, 0.29) is 5.82 Å². The summed E-state index contributed by atoms with van der Waals surface area (Å²) in [5.74, 6) is -0.399. The zero-order valence-corrected chi connectivity index (χ0v) is 12.3. The monoisotopic (exact) mass is 304 g/mol. The maximum atomic E-state index is 13.4. The second-order valence-electron chi connectivity index (χ2n) is 5.43. The van der Waals surface area contributed by atoms with Crippen LogP contribution in [0.3, 0.4) is 0 Å². The molecule has 5 nitrogen and oxygen atoms in total. The summed E-state index contributed by atoms with van der Waals surface area (Å²) >= 11 is 0. The molecule has 2 heterocycles. The maximum absolute atomic E-state index is 13.4. The molecule has 22 heavy (non-hydrogen) atoms. The molecule has 0 aliphatic carbocycles. The molecule has 0 saturated carbocycles. The molecule has 0 radical (unpaired) electrons. The molecule has 1 aliphatic rings. The topological polar surface area (TPSA) is 66.6 Å². The third kappa shape index (κ3) is 2.62. The zero-order chi connectivity index (χ0) is 15.7. The van der Waals surface area contributed by atoms with Crippen molar-refractivity contribution in [1.29, 1.82) is 0 Å². The first-order valence-electron chi connectivity index (χ1n) is 7.30. The van der Waals surface area contributed by atoms with E-state index in [4.69, 9.17) is 4.52 Å².